The van der Waals surface area contributed by atoms with Gasteiger partial charge in [-0.05, 0) is 74.6 Å². The Hall–Kier alpha value is -0.570. The van der Waals surface area contributed by atoms with Gasteiger partial charge in [-0.3, -0.25) is 0 Å². The van der Waals surface area contributed by atoms with Crippen LogP contribution in [0.15, 0.2) is 24.3 Å². The first kappa shape index (κ1) is 14.4. The molecule has 1 aromatic carbocycles. The highest BCUT2D eigenvalue weighted by Gasteiger charge is 2.30. The first-order valence-electron chi connectivity index (χ1n) is 7.87. The van der Waals surface area contributed by atoms with Gasteiger partial charge in [0.2, 0.25) is 0 Å². The van der Waals surface area contributed by atoms with Crippen molar-refractivity contribution in [3.63, 3.8) is 0 Å². The summed E-state index contributed by atoms with van der Waals surface area (Å²) in [6, 6.07) is 8.95. The van der Waals surface area contributed by atoms with Gasteiger partial charge in [-0.15, -0.1) is 0 Å². The Morgan fingerprint density at radius 2 is 1.90 bits per heavy atom. The van der Waals surface area contributed by atoms with Gasteiger partial charge in [0.15, 0.2) is 0 Å². The topological polar surface area (TPSA) is 32.3 Å². The third-order valence-corrected chi connectivity index (χ3v) is 5.20. The highest BCUT2D eigenvalue weighted by molar-refractivity contribution is 6.30. The van der Waals surface area contributed by atoms with Gasteiger partial charge < -0.3 is 10.4 Å². The van der Waals surface area contributed by atoms with Gasteiger partial charge in [-0.2, -0.15) is 0 Å². The van der Waals surface area contributed by atoms with Crippen LogP contribution in [0.25, 0.3) is 0 Å². The molecule has 0 amide bonds. The first-order chi connectivity index (χ1) is 9.70. The van der Waals surface area contributed by atoms with E-state index in [0.717, 1.165) is 30.3 Å². The molecule has 0 saturated heterocycles. The molecule has 20 heavy (non-hydrogen) atoms. The predicted octanol–water partition coefficient (Wildman–Crippen LogP) is 3.73. The zero-order valence-electron chi connectivity index (χ0n) is 11.9. The number of halogens is 1. The second-order valence-electron chi connectivity index (χ2n) is 6.50. The lowest BCUT2D eigenvalue weighted by molar-refractivity contribution is 0.106. The molecular weight excluding hydrogens is 270 g/mol. The summed E-state index contributed by atoms with van der Waals surface area (Å²) in [5, 5.41) is 14.1. The Morgan fingerprint density at radius 3 is 2.60 bits per heavy atom. The molecule has 2 aliphatic rings. The molecule has 2 aliphatic carbocycles. The van der Waals surface area contributed by atoms with E-state index in [-0.39, 0.29) is 6.10 Å². The number of rotatable bonds is 4. The summed E-state index contributed by atoms with van der Waals surface area (Å²) < 4.78 is 0. The fraction of sp³-hybridized carbons (Fsp3) is 0.647. The molecule has 0 heterocycles. The molecule has 110 valence electrons. The summed E-state index contributed by atoms with van der Waals surface area (Å²) in [4.78, 5) is 0. The zero-order chi connectivity index (χ0) is 13.9. The van der Waals surface area contributed by atoms with E-state index < -0.39 is 0 Å². The monoisotopic (exact) mass is 293 g/mol. The molecule has 0 radical (unpaired) electrons. The number of nitrogens with one attached hydrogen (secondary N) is 1. The van der Waals surface area contributed by atoms with E-state index in [1.54, 1.807) is 0 Å². The Morgan fingerprint density at radius 1 is 1.15 bits per heavy atom. The van der Waals surface area contributed by atoms with Crippen molar-refractivity contribution in [2.24, 2.45) is 5.92 Å². The minimum absolute atomic E-state index is 0.0397. The maximum Gasteiger partial charge on any atom is 0.0540 e. The summed E-state index contributed by atoms with van der Waals surface area (Å²) in [5.74, 6) is 1.45. The third-order valence-electron chi connectivity index (χ3n) is 4.97. The van der Waals surface area contributed by atoms with Crippen LogP contribution in [0.2, 0.25) is 5.02 Å². The lowest BCUT2D eigenvalue weighted by Gasteiger charge is -2.38. The highest BCUT2D eigenvalue weighted by Crippen LogP contribution is 2.37. The largest absolute Gasteiger partial charge is 0.393 e. The van der Waals surface area contributed by atoms with Crippen molar-refractivity contribution in [2.75, 3.05) is 6.54 Å². The van der Waals surface area contributed by atoms with Gasteiger partial charge in [0.25, 0.3) is 0 Å². The lowest BCUT2D eigenvalue weighted by atomic mass is 9.75. The van der Waals surface area contributed by atoms with E-state index in [1.807, 2.05) is 12.1 Å². The lowest BCUT2D eigenvalue weighted by Crippen LogP contribution is -2.42. The summed E-state index contributed by atoms with van der Waals surface area (Å²) in [7, 11) is 0. The van der Waals surface area contributed by atoms with Crippen LogP contribution in [0, 0.1) is 5.92 Å². The molecule has 3 heteroatoms. The summed E-state index contributed by atoms with van der Waals surface area (Å²) >= 11 is 6.04. The van der Waals surface area contributed by atoms with Crippen LogP contribution in [0.4, 0.5) is 0 Å². The molecule has 0 bridgehead atoms. The quantitative estimate of drug-likeness (QED) is 0.886. The molecule has 2 N–H and O–H groups in total. The van der Waals surface area contributed by atoms with Crippen LogP contribution in [0.1, 0.15) is 50.0 Å². The molecule has 0 atom stereocenters. The van der Waals surface area contributed by atoms with Crippen molar-refractivity contribution in [3.05, 3.63) is 34.9 Å². The summed E-state index contributed by atoms with van der Waals surface area (Å²) in [6.45, 7) is 1.12. The molecule has 0 aromatic heterocycles. The summed E-state index contributed by atoms with van der Waals surface area (Å²) in [5.41, 5.74) is 1.39. The van der Waals surface area contributed by atoms with Crippen molar-refractivity contribution in [2.45, 2.75) is 56.6 Å². The molecule has 0 aliphatic heterocycles. The average molecular weight is 294 g/mol. The SMILES string of the molecule is OC1CCC(CNC2CC(c3cccc(Cl)c3)C2)CC1. The Bertz CT molecular complexity index is 436. The second-order valence-corrected chi connectivity index (χ2v) is 6.94. The summed E-state index contributed by atoms with van der Waals surface area (Å²) in [6.07, 6.45) is 6.76. The minimum Gasteiger partial charge on any atom is -0.393 e. The smallest absolute Gasteiger partial charge is 0.0540 e. The van der Waals surface area contributed by atoms with Crippen LogP contribution in [-0.2, 0) is 0 Å². The van der Waals surface area contributed by atoms with E-state index in [9.17, 15) is 5.11 Å². The fourth-order valence-corrected chi connectivity index (χ4v) is 3.70. The van der Waals surface area contributed by atoms with Gasteiger partial charge in [-0.25, -0.2) is 0 Å². The molecule has 0 unspecified atom stereocenters. The van der Waals surface area contributed by atoms with E-state index >= 15 is 0 Å². The van der Waals surface area contributed by atoms with Gasteiger partial charge in [0.1, 0.15) is 0 Å². The van der Waals surface area contributed by atoms with Crippen molar-refractivity contribution in [1.29, 1.82) is 0 Å². The molecule has 1 aromatic rings. The van der Waals surface area contributed by atoms with Crippen LogP contribution in [0.5, 0.6) is 0 Å². The van der Waals surface area contributed by atoms with Gasteiger partial charge in [-0.1, -0.05) is 23.7 Å². The average Bonchev–Trinajstić information content (AvgIpc) is 2.39. The fourth-order valence-electron chi connectivity index (χ4n) is 3.50. The molecule has 2 saturated carbocycles. The maximum atomic E-state index is 9.51. The molecule has 3 rings (SSSR count). The number of hydrogen-bond acceptors (Lipinski definition) is 2. The van der Waals surface area contributed by atoms with E-state index in [2.05, 4.69) is 17.4 Å². The van der Waals surface area contributed by atoms with Crippen molar-refractivity contribution in [1.82, 2.24) is 5.32 Å². The van der Waals surface area contributed by atoms with E-state index in [1.165, 1.54) is 31.2 Å². The maximum absolute atomic E-state index is 9.51. The van der Waals surface area contributed by atoms with Crippen molar-refractivity contribution < 1.29 is 5.11 Å². The highest BCUT2D eigenvalue weighted by atomic mass is 35.5. The minimum atomic E-state index is -0.0397. The third kappa shape index (κ3) is 3.55. The molecule has 0 spiro atoms. The number of aliphatic hydroxyl groups excluding tert-OH is 1. The van der Waals surface area contributed by atoms with Crippen molar-refractivity contribution >= 4 is 11.6 Å². The number of benzene rings is 1. The molecule has 2 fully saturated rings. The van der Waals surface area contributed by atoms with Gasteiger partial charge in [0, 0.05) is 11.1 Å². The Labute approximate surface area is 126 Å². The Balaban J connectivity index is 1.38. The Kier molecular flexibility index (Phi) is 4.65. The van der Waals surface area contributed by atoms with Crippen LogP contribution in [0.3, 0.4) is 0 Å². The standard InChI is InChI=1S/C17H24ClNO/c18-15-3-1-2-13(8-15)14-9-16(10-14)19-11-12-4-6-17(20)7-5-12/h1-3,8,12,14,16-17,19-20H,4-7,9-11H2. The van der Waals surface area contributed by atoms with Crippen LogP contribution >= 0.6 is 11.6 Å². The number of aliphatic hydroxyl groups is 1. The van der Waals surface area contributed by atoms with Gasteiger partial charge in [0.05, 0.1) is 6.10 Å². The molecular formula is C17H24ClNO. The first-order valence-corrected chi connectivity index (χ1v) is 8.25. The molecule has 2 nitrogen and oxygen atoms in total. The predicted molar refractivity (Wildman–Crippen MR) is 83.2 cm³/mol. The zero-order valence-corrected chi connectivity index (χ0v) is 12.6. The van der Waals surface area contributed by atoms with Crippen LogP contribution < -0.4 is 5.32 Å². The normalized spacial score (nSPS) is 33.7. The van der Waals surface area contributed by atoms with Crippen molar-refractivity contribution in [3.8, 4) is 0 Å². The van der Waals surface area contributed by atoms with Gasteiger partial charge >= 0.3 is 0 Å². The van der Waals surface area contributed by atoms with Crippen LogP contribution in [-0.4, -0.2) is 23.8 Å². The number of hydrogen-bond donors (Lipinski definition) is 2. The van der Waals surface area contributed by atoms with E-state index in [0.29, 0.717) is 12.0 Å². The second kappa shape index (κ2) is 6.46. The van der Waals surface area contributed by atoms with E-state index in [4.69, 9.17) is 11.6 Å².